The number of nitrogens with one attached hydrogen (secondary N) is 2. The lowest BCUT2D eigenvalue weighted by Crippen LogP contribution is -2.16. The van der Waals surface area contributed by atoms with Crippen LogP contribution < -0.4 is 5.32 Å². The van der Waals surface area contributed by atoms with Crippen LogP contribution in [0.3, 0.4) is 0 Å². The van der Waals surface area contributed by atoms with E-state index in [-0.39, 0.29) is 5.56 Å². The molecule has 0 bridgehead atoms. The predicted octanol–water partition coefficient (Wildman–Crippen LogP) is 2.79. The van der Waals surface area contributed by atoms with Gasteiger partial charge in [0.25, 0.3) is 0 Å². The second kappa shape index (κ2) is 5.85. The van der Waals surface area contributed by atoms with Gasteiger partial charge in [0.2, 0.25) is 0 Å². The van der Waals surface area contributed by atoms with E-state index in [1.54, 1.807) is 6.07 Å². The molecule has 21 heavy (non-hydrogen) atoms. The zero-order valence-corrected chi connectivity index (χ0v) is 11.4. The zero-order valence-electron chi connectivity index (χ0n) is 11.4. The maximum atomic E-state index is 10.7. The van der Waals surface area contributed by atoms with Crippen molar-refractivity contribution in [1.29, 1.82) is 0 Å². The minimum atomic E-state index is -0.969. The summed E-state index contributed by atoms with van der Waals surface area (Å²) in [5.41, 5.74) is 2.59. The number of carbonyl (C=O) groups is 1. The summed E-state index contributed by atoms with van der Waals surface area (Å²) in [7, 11) is 0. The van der Waals surface area contributed by atoms with Crippen molar-refractivity contribution in [1.82, 2.24) is 10.3 Å². The smallest absolute Gasteiger partial charge is 0.338 e. The van der Waals surface area contributed by atoms with Gasteiger partial charge < -0.3 is 19.8 Å². The van der Waals surface area contributed by atoms with Crippen LogP contribution in [0.4, 0.5) is 0 Å². The minimum Gasteiger partial charge on any atom is -0.478 e. The number of hydrogen-bond acceptors (Lipinski definition) is 3. The first-order chi connectivity index (χ1) is 10.2. The molecular weight excluding hydrogens is 268 g/mol. The Morgan fingerprint density at radius 1 is 1.33 bits per heavy atom. The van der Waals surface area contributed by atoms with Crippen molar-refractivity contribution in [3.8, 4) is 0 Å². The minimum absolute atomic E-state index is 0.184. The standard InChI is InChI=1S/C16H16N2O3/c19-16(20)12-7-13(21-10-12)9-17-6-5-11-8-18-15-4-2-1-3-14(11)15/h1-4,7-8,10,17-18H,5-6,9H2,(H,19,20). The first-order valence-electron chi connectivity index (χ1n) is 6.80. The molecule has 0 spiro atoms. The number of hydrogen-bond donors (Lipinski definition) is 3. The van der Waals surface area contributed by atoms with Crippen molar-refractivity contribution in [2.75, 3.05) is 6.54 Å². The highest BCUT2D eigenvalue weighted by atomic mass is 16.4. The normalized spacial score (nSPS) is 11.0. The summed E-state index contributed by atoms with van der Waals surface area (Å²) >= 11 is 0. The molecule has 0 aliphatic carbocycles. The highest BCUT2D eigenvalue weighted by Gasteiger charge is 2.08. The van der Waals surface area contributed by atoms with E-state index in [0.717, 1.165) is 18.5 Å². The first-order valence-corrected chi connectivity index (χ1v) is 6.80. The van der Waals surface area contributed by atoms with Crippen LogP contribution in [0.15, 0.2) is 47.2 Å². The highest BCUT2D eigenvalue weighted by Crippen LogP contribution is 2.17. The zero-order chi connectivity index (χ0) is 14.7. The van der Waals surface area contributed by atoms with Crippen LogP contribution in [0.2, 0.25) is 0 Å². The maximum absolute atomic E-state index is 10.7. The lowest BCUT2D eigenvalue weighted by atomic mass is 10.1. The van der Waals surface area contributed by atoms with Crippen LogP contribution in [-0.2, 0) is 13.0 Å². The molecular formula is C16H16N2O3. The fourth-order valence-corrected chi connectivity index (χ4v) is 2.36. The van der Waals surface area contributed by atoms with Crippen LogP contribution in [0, 0.1) is 0 Å². The lowest BCUT2D eigenvalue weighted by Gasteiger charge is -2.02. The quantitative estimate of drug-likeness (QED) is 0.608. The van der Waals surface area contributed by atoms with Gasteiger partial charge >= 0.3 is 5.97 Å². The van der Waals surface area contributed by atoms with Crippen molar-refractivity contribution < 1.29 is 14.3 Å². The SMILES string of the molecule is O=C(O)c1coc(CNCCc2c[nH]c3ccccc23)c1. The third-order valence-corrected chi connectivity index (χ3v) is 3.45. The highest BCUT2D eigenvalue weighted by molar-refractivity contribution is 5.87. The Kier molecular flexibility index (Phi) is 3.75. The van der Waals surface area contributed by atoms with Gasteiger partial charge in [-0.15, -0.1) is 0 Å². The maximum Gasteiger partial charge on any atom is 0.338 e. The summed E-state index contributed by atoms with van der Waals surface area (Å²) in [6, 6.07) is 9.75. The van der Waals surface area contributed by atoms with Gasteiger partial charge in [-0.3, -0.25) is 0 Å². The van der Waals surface area contributed by atoms with Gasteiger partial charge in [0.15, 0.2) is 0 Å². The number of para-hydroxylation sites is 1. The second-order valence-electron chi connectivity index (χ2n) is 4.89. The number of aromatic nitrogens is 1. The molecule has 0 amide bonds. The van der Waals surface area contributed by atoms with E-state index >= 15 is 0 Å². The van der Waals surface area contributed by atoms with E-state index in [4.69, 9.17) is 9.52 Å². The number of furan rings is 1. The topological polar surface area (TPSA) is 78.3 Å². The molecule has 0 radical (unpaired) electrons. The number of benzene rings is 1. The monoisotopic (exact) mass is 284 g/mol. The Labute approximate surface area is 121 Å². The fourth-order valence-electron chi connectivity index (χ4n) is 2.36. The number of aromatic carboxylic acids is 1. The van der Waals surface area contributed by atoms with Crippen LogP contribution in [-0.4, -0.2) is 22.6 Å². The molecule has 0 unspecified atom stereocenters. The molecule has 3 rings (SSSR count). The number of rotatable bonds is 6. The third-order valence-electron chi connectivity index (χ3n) is 3.45. The van der Waals surface area contributed by atoms with Crippen molar-refractivity contribution >= 4 is 16.9 Å². The molecule has 0 saturated carbocycles. The van der Waals surface area contributed by atoms with Gasteiger partial charge in [0.1, 0.15) is 12.0 Å². The average molecular weight is 284 g/mol. The Morgan fingerprint density at radius 2 is 2.19 bits per heavy atom. The molecule has 0 fully saturated rings. The molecule has 0 aliphatic rings. The fraction of sp³-hybridized carbons (Fsp3) is 0.188. The number of carboxylic acids is 1. The largest absolute Gasteiger partial charge is 0.478 e. The molecule has 2 aromatic heterocycles. The van der Waals surface area contributed by atoms with E-state index in [1.165, 1.54) is 17.2 Å². The number of carboxylic acid groups (broad SMARTS) is 1. The van der Waals surface area contributed by atoms with E-state index < -0.39 is 5.97 Å². The Hall–Kier alpha value is -2.53. The van der Waals surface area contributed by atoms with Crippen molar-refractivity contribution in [2.24, 2.45) is 0 Å². The Balaban J connectivity index is 1.53. The molecule has 108 valence electrons. The summed E-state index contributed by atoms with van der Waals surface area (Å²) in [6.07, 6.45) is 4.19. The lowest BCUT2D eigenvalue weighted by molar-refractivity contribution is 0.0696. The molecule has 0 aliphatic heterocycles. The number of H-pyrrole nitrogens is 1. The predicted molar refractivity (Wildman–Crippen MR) is 79.4 cm³/mol. The number of fused-ring (bicyclic) bond motifs is 1. The molecule has 2 heterocycles. The summed E-state index contributed by atoms with van der Waals surface area (Å²) < 4.78 is 5.18. The van der Waals surface area contributed by atoms with Crippen molar-refractivity contribution in [3.05, 3.63) is 59.7 Å². The van der Waals surface area contributed by atoms with E-state index in [2.05, 4.69) is 22.4 Å². The third kappa shape index (κ3) is 2.98. The van der Waals surface area contributed by atoms with Crippen LogP contribution in [0.1, 0.15) is 21.7 Å². The number of aromatic amines is 1. The van der Waals surface area contributed by atoms with Gasteiger partial charge in [-0.05, 0) is 30.7 Å². The molecule has 5 heteroatoms. The van der Waals surface area contributed by atoms with Crippen molar-refractivity contribution in [3.63, 3.8) is 0 Å². The van der Waals surface area contributed by atoms with Crippen LogP contribution in [0.5, 0.6) is 0 Å². The summed E-state index contributed by atoms with van der Waals surface area (Å²) in [4.78, 5) is 14.0. The van der Waals surface area contributed by atoms with E-state index in [0.29, 0.717) is 12.3 Å². The van der Waals surface area contributed by atoms with Gasteiger partial charge in [0, 0.05) is 17.1 Å². The summed E-state index contributed by atoms with van der Waals surface area (Å²) in [6.45, 7) is 1.32. The van der Waals surface area contributed by atoms with Gasteiger partial charge in [-0.1, -0.05) is 18.2 Å². The molecule has 5 nitrogen and oxygen atoms in total. The van der Waals surface area contributed by atoms with Gasteiger partial charge in [-0.25, -0.2) is 4.79 Å². The summed E-state index contributed by atoms with van der Waals surface area (Å²) in [5.74, 6) is -0.338. The molecule has 1 aromatic carbocycles. The van der Waals surface area contributed by atoms with E-state index in [1.807, 2.05) is 18.3 Å². The van der Waals surface area contributed by atoms with Gasteiger partial charge in [0.05, 0.1) is 12.1 Å². The molecule has 0 saturated heterocycles. The second-order valence-corrected chi connectivity index (χ2v) is 4.89. The molecule has 0 atom stereocenters. The van der Waals surface area contributed by atoms with Crippen molar-refractivity contribution in [2.45, 2.75) is 13.0 Å². The first kappa shape index (κ1) is 13.5. The summed E-state index contributed by atoms with van der Waals surface area (Å²) in [5, 5.41) is 13.3. The Morgan fingerprint density at radius 3 is 3.00 bits per heavy atom. The molecule has 3 aromatic rings. The van der Waals surface area contributed by atoms with Crippen LogP contribution in [0.25, 0.3) is 10.9 Å². The van der Waals surface area contributed by atoms with Gasteiger partial charge in [-0.2, -0.15) is 0 Å². The van der Waals surface area contributed by atoms with Crippen LogP contribution >= 0.6 is 0 Å². The average Bonchev–Trinajstić information content (AvgIpc) is 3.11. The Bertz CT molecular complexity index is 758. The van der Waals surface area contributed by atoms with E-state index in [9.17, 15) is 4.79 Å². The molecule has 3 N–H and O–H groups in total.